The van der Waals surface area contributed by atoms with Gasteiger partial charge in [0.2, 0.25) is 0 Å². The molecule has 0 bridgehead atoms. The lowest BCUT2D eigenvalue weighted by atomic mass is 10.1. The molecule has 0 amide bonds. The third-order valence-electron chi connectivity index (χ3n) is 3.64. The number of ether oxygens (including phenoxy) is 1. The van der Waals surface area contributed by atoms with Gasteiger partial charge >= 0.3 is 6.18 Å². The molecule has 0 fully saturated rings. The highest BCUT2D eigenvalue weighted by molar-refractivity contribution is 5.47. The third-order valence-corrected chi connectivity index (χ3v) is 3.64. The number of nitrogens with zero attached hydrogens (tertiary/aromatic N) is 4. The minimum absolute atomic E-state index is 0.123. The molecule has 1 N–H and O–H groups in total. The molecule has 0 unspecified atom stereocenters. The molecule has 144 valence electrons. The van der Waals surface area contributed by atoms with Crippen molar-refractivity contribution in [3.63, 3.8) is 0 Å². The maximum Gasteiger partial charge on any atom is 0.433 e. The minimum atomic E-state index is -4.57. The Labute approximate surface area is 154 Å². The lowest BCUT2D eigenvalue weighted by Crippen LogP contribution is -2.24. The quantitative estimate of drug-likeness (QED) is 0.735. The molecule has 0 aliphatic heterocycles. The number of anilines is 1. The number of hydrogen-bond acceptors (Lipinski definition) is 5. The normalized spacial score (nSPS) is 12.4. The summed E-state index contributed by atoms with van der Waals surface area (Å²) in [7, 11) is 0. The van der Waals surface area contributed by atoms with Crippen LogP contribution in [-0.4, -0.2) is 25.2 Å². The second-order valence-electron chi connectivity index (χ2n) is 7.18. The number of hydrogen-bond donors (Lipinski definition) is 1. The lowest BCUT2D eigenvalue weighted by Gasteiger charge is -2.24. The minimum Gasteiger partial charge on any atom is -0.488 e. The van der Waals surface area contributed by atoms with E-state index in [1.165, 1.54) is 4.52 Å². The highest BCUT2D eigenvalue weighted by Crippen LogP contribution is 2.30. The largest absolute Gasteiger partial charge is 0.488 e. The van der Waals surface area contributed by atoms with Crippen molar-refractivity contribution in [1.29, 1.82) is 0 Å². The van der Waals surface area contributed by atoms with Crippen molar-refractivity contribution < 1.29 is 17.9 Å². The van der Waals surface area contributed by atoms with Crippen LogP contribution in [0, 0.1) is 6.92 Å². The van der Waals surface area contributed by atoms with Gasteiger partial charge in [-0.25, -0.2) is 4.98 Å². The average Bonchev–Trinajstić information content (AvgIpc) is 3.00. The summed E-state index contributed by atoms with van der Waals surface area (Å²) in [4.78, 5) is 7.26. The van der Waals surface area contributed by atoms with E-state index in [-0.39, 0.29) is 18.1 Å². The van der Waals surface area contributed by atoms with Gasteiger partial charge < -0.3 is 10.1 Å². The lowest BCUT2D eigenvalue weighted by molar-refractivity contribution is -0.141. The van der Waals surface area contributed by atoms with E-state index < -0.39 is 17.5 Å². The zero-order chi connectivity index (χ0) is 19.8. The summed E-state index contributed by atoms with van der Waals surface area (Å²) in [6.07, 6.45) is -3.41. The van der Waals surface area contributed by atoms with Crippen molar-refractivity contribution in [2.45, 2.75) is 46.0 Å². The van der Waals surface area contributed by atoms with Gasteiger partial charge in [0.05, 0.1) is 0 Å². The molecule has 0 aliphatic carbocycles. The van der Waals surface area contributed by atoms with Gasteiger partial charge in [0.15, 0.2) is 5.69 Å². The van der Waals surface area contributed by atoms with Crippen molar-refractivity contribution in [2.75, 3.05) is 5.32 Å². The number of aryl methyl sites for hydroxylation is 1. The van der Waals surface area contributed by atoms with Crippen LogP contribution in [0.25, 0.3) is 5.78 Å². The van der Waals surface area contributed by atoms with E-state index in [1.807, 2.05) is 45.9 Å². The molecular weight excluding hydrogens is 359 g/mol. The van der Waals surface area contributed by atoms with Crippen LogP contribution in [0.1, 0.15) is 37.6 Å². The molecular formula is C18H20F3N5O. The first kappa shape index (κ1) is 18.9. The van der Waals surface area contributed by atoms with Gasteiger partial charge in [-0.05, 0) is 39.3 Å². The molecule has 0 radical (unpaired) electrons. The standard InChI is InChI=1S/C18H20F3N5O/c1-11-5-6-12(13(7-11)27-17(2,3)4)9-22-15-8-14(18(19,20)21)25-16-23-10-24-26(15)16/h5-8,10,22H,9H2,1-4H3. The van der Waals surface area contributed by atoms with Crippen molar-refractivity contribution in [1.82, 2.24) is 19.6 Å². The van der Waals surface area contributed by atoms with E-state index in [9.17, 15) is 13.2 Å². The van der Waals surface area contributed by atoms with Crippen LogP contribution in [0.5, 0.6) is 5.75 Å². The molecule has 0 saturated carbocycles. The highest BCUT2D eigenvalue weighted by Gasteiger charge is 2.34. The molecule has 3 rings (SSSR count). The van der Waals surface area contributed by atoms with Crippen molar-refractivity contribution in [2.24, 2.45) is 0 Å². The zero-order valence-electron chi connectivity index (χ0n) is 15.4. The summed E-state index contributed by atoms with van der Waals surface area (Å²) in [6, 6.07) is 6.63. The van der Waals surface area contributed by atoms with Gasteiger partial charge in [0.25, 0.3) is 5.78 Å². The van der Waals surface area contributed by atoms with Crippen molar-refractivity contribution in [3.05, 3.63) is 47.4 Å². The Kier molecular flexibility index (Phi) is 4.71. The second-order valence-corrected chi connectivity index (χ2v) is 7.18. The summed E-state index contributed by atoms with van der Waals surface area (Å²) < 4.78 is 46.5. The van der Waals surface area contributed by atoms with E-state index >= 15 is 0 Å². The van der Waals surface area contributed by atoms with Crippen molar-refractivity contribution in [3.8, 4) is 5.75 Å². The molecule has 2 aromatic heterocycles. The predicted molar refractivity (Wildman–Crippen MR) is 94.7 cm³/mol. The highest BCUT2D eigenvalue weighted by atomic mass is 19.4. The van der Waals surface area contributed by atoms with Gasteiger partial charge in [-0.2, -0.15) is 27.8 Å². The number of alkyl halides is 3. The Morgan fingerprint density at radius 3 is 2.56 bits per heavy atom. The number of aromatic nitrogens is 4. The number of rotatable bonds is 4. The van der Waals surface area contributed by atoms with Crippen LogP contribution in [0.3, 0.4) is 0 Å². The van der Waals surface area contributed by atoms with Gasteiger partial charge in [0, 0.05) is 18.2 Å². The Hall–Kier alpha value is -2.84. The van der Waals surface area contributed by atoms with E-state index in [1.54, 1.807) is 0 Å². The summed E-state index contributed by atoms with van der Waals surface area (Å²) in [5.74, 6) is 0.699. The summed E-state index contributed by atoms with van der Waals surface area (Å²) in [5, 5.41) is 6.92. The Bertz CT molecular complexity index is 960. The van der Waals surface area contributed by atoms with Gasteiger partial charge in [-0.1, -0.05) is 12.1 Å². The fraction of sp³-hybridized carbons (Fsp3) is 0.389. The molecule has 6 nitrogen and oxygen atoms in total. The van der Waals surface area contributed by atoms with Crippen LogP contribution in [-0.2, 0) is 12.7 Å². The molecule has 1 aromatic carbocycles. The second kappa shape index (κ2) is 6.71. The smallest absolute Gasteiger partial charge is 0.433 e. The van der Waals surface area contributed by atoms with E-state index in [0.717, 1.165) is 23.5 Å². The Morgan fingerprint density at radius 1 is 1.15 bits per heavy atom. The molecule has 0 spiro atoms. The van der Waals surface area contributed by atoms with E-state index in [4.69, 9.17) is 4.74 Å². The van der Waals surface area contributed by atoms with Crippen LogP contribution >= 0.6 is 0 Å². The van der Waals surface area contributed by atoms with Crippen LogP contribution < -0.4 is 10.1 Å². The fourth-order valence-corrected chi connectivity index (χ4v) is 2.50. The first-order valence-electron chi connectivity index (χ1n) is 8.33. The maximum atomic E-state index is 13.1. The number of benzene rings is 1. The molecule has 9 heteroatoms. The van der Waals surface area contributed by atoms with E-state index in [0.29, 0.717) is 5.75 Å². The summed E-state index contributed by atoms with van der Waals surface area (Å²) >= 11 is 0. The topological polar surface area (TPSA) is 64.3 Å². The third kappa shape index (κ3) is 4.47. The summed E-state index contributed by atoms with van der Waals surface area (Å²) in [6.45, 7) is 8.00. The first-order valence-corrected chi connectivity index (χ1v) is 8.33. The molecule has 0 saturated heterocycles. The molecule has 2 heterocycles. The van der Waals surface area contributed by atoms with Gasteiger partial charge in [-0.15, -0.1) is 0 Å². The van der Waals surface area contributed by atoms with Gasteiger partial charge in [0.1, 0.15) is 23.5 Å². The number of fused-ring (bicyclic) bond motifs is 1. The van der Waals surface area contributed by atoms with Crippen molar-refractivity contribution >= 4 is 11.6 Å². The number of halogens is 3. The van der Waals surface area contributed by atoms with Crippen LogP contribution in [0.2, 0.25) is 0 Å². The van der Waals surface area contributed by atoms with Crippen LogP contribution in [0.15, 0.2) is 30.6 Å². The Balaban J connectivity index is 1.92. The summed E-state index contributed by atoms with van der Waals surface area (Å²) in [5.41, 5.74) is 0.414. The SMILES string of the molecule is Cc1ccc(CNc2cc(C(F)(F)F)nc3ncnn23)c(OC(C)(C)C)c1. The van der Waals surface area contributed by atoms with Crippen LogP contribution in [0.4, 0.5) is 19.0 Å². The molecule has 27 heavy (non-hydrogen) atoms. The first-order chi connectivity index (χ1) is 12.5. The number of nitrogens with one attached hydrogen (secondary N) is 1. The monoisotopic (exact) mass is 379 g/mol. The van der Waals surface area contributed by atoms with Gasteiger partial charge in [-0.3, -0.25) is 0 Å². The predicted octanol–water partition coefficient (Wildman–Crippen LogP) is 4.24. The Morgan fingerprint density at radius 2 is 1.89 bits per heavy atom. The molecule has 0 aliphatic rings. The molecule has 3 aromatic rings. The zero-order valence-corrected chi connectivity index (χ0v) is 15.4. The molecule has 0 atom stereocenters. The average molecular weight is 379 g/mol. The fourth-order valence-electron chi connectivity index (χ4n) is 2.50. The van der Waals surface area contributed by atoms with E-state index in [2.05, 4.69) is 20.4 Å². The maximum absolute atomic E-state index is 13.1.